The number of carboxylic acid groups (broad SMARTS) is 1. The predicted octanol–water partition coefficient (Wildman–Crippen LogP) is 2.06. The molecule has 1 aliphatic rings. The molecule has 15 heavy (non-hydrogen) atoms. The van der Waals surface area contributed by atoms with Gasteiger partial charge in [0.2, 0.25) is 0 Å². The molecule has 1 aliphatic carbocycles. The van der Waals surface area contributed by atoms with E-state index in [0.717, 1.165) is 12.8 Å². The summed E-state index contributed by atoms with van der Waals surface area (Å²) in [5.41, 5.74) is 0. The Morgan fingerprint density at radius 2 is 2.13 bits per heavy atom. The molecule has 0 aromatic heterocycles. The predicted molar refractivity (Wildman–Crippen MR) is 57.4 cm³/mol. The van der Waals surface area contributed by atoms with Crippen molar-refractivity contribution in [2.24, 2.45) is 5.92 Å². The first kappa shape index (κ1) is 12.1. The third kappa shape index (κ3) is 4.35. The van der Waals surface area contributed by atoms with Crippen molar-refractivity contribution in [1.29, 1.82) is 0 Å². The van der Waals surface area contributed by atoms with Crippen molar-refractivity contribution in [3.05, 3.63) is 0 Å². The first-order valence-electron chi connectivity index (χ1n) is 5.49. The molecule has 0 heterocycles. The number of rotatable bonds is 4. The van der Waals surface area contributed by atoms with Gasteiger partial charge in [-0.1, -0.05) is 25.2 Å². The fraction of sp³-hybridized carbons (Fsp3) is 0.750. The number of hydrogen-bond donors (Lipinski definition) is 1. The number of carboxylic acids is 1. The Bertz CT molecular complexity index is 256. The molecule has 1 fully saturated rings. The standard InChI is InChI=1S/C12H18O3/c1-2-6-11(15-9-12(13)14)10-7-4-3-5-8-10/h10-11H,3-5,7-9H2,1H3,(H,13,14)/t11-/m0/s1. The highest BCUT2D eigenvalue weighted by Gasteiger charge is 2.23. The third-order valence-corrected chi connectivity index (χ3v) is 2.75. The Labute approximate surface area is 90.8 Å². The van der Waals surface area contributed by atoms with Crippen LogP contribution in [0.15, 0.2) is 0 Å². The van der Waals surface area contributed by atoms with E-state index in [4.69, 9.17) is 9.84 Å². The number of carbonyl (C=O) groups is 1. The molecule has 0 aromatic rings. The van der Waals surface area contributed by atoms with Crippen LogP contribution in [0.1, 0.15) is 39.0 Å². The molecule has 3 nitrogen and oxygen atoms in total. The van der Waals surface area contributed by atoms with Crippen molar-refractivity contribution in [3.8, 4) is 11.8 Å². The summed E-state index contributed by atoms with van der Waals surface area (Å²) < 4.78 is 5.31. The van der Waals surface area contributed by atoms with E-state index in [0.29, 0.717) is 5.92 Å². The Morgan fingerprint density at radius 3 is 2.67 bits per heavy atom. The van der Waals surface area contributed by atoms with E-state index < -0.39 is 5.97 Å². The van der Waals surface area contributed by atoms with Gasteiger partial charge in [-0.2, -0.15) is 0 Å². The van der Waals surface area contributed by atoms with Crippen LogP contribution in [0.4, 0.5) is 0 Å². The molecule has 1 N–H and O–H groups in total. The van der Waals surface area contributed by atoms with Crippen LogP contribution in [0.25, 0.3) is 0 Å². The Kier molecular flexibility index (Phi) is 5.20. The summed E-state index contributed by atoms with van der Waals surface area (Å²) in [5, 5.41) is 8.56. The summed E-state index contributed by atoms with van der Waals surface area (Å²) in [4.78, 5) is 10.4. The van der Waals surface area contributed by atoms with Gasteiger partial charge in [-0.25, -0.2) is 4.79 Å². The van der Waals surface area contributed by atoms with Gasteiger partial charge in [-0.3, -0.25) is 0 Å². The van der Waals surface area contributed by atoms with Crippen LogP contribution in [0.3, 0.4) is 0 Å². The smallest absolute Gasteiger partial charge is 0.329 e. The molecule has 0 amide bonds. The zero-order valence-electron chi connectivity index (χ0n) is 9.16. The van der Waals surface area contributed by atoms with E-state index in [1.54, 1.807) is 6.92 Å². The maximum absolute atomic E-state index is 10.4. The van der Waals surface area contributed by atoms with Gasteiger partial charge in [0, 0.05) is 0 Å². The molecular weight excluding hydrogens is 192 g/mol. The summed E-state index contributed by atoms with van der Waals surface area (Å²) in [7, 11) is 0. The molecular formula is C12H18O3. The molecule has 0 aromatic carbocycles. The zero-order chi connectivity index (χ0) is 11.1. The number of hydrogen-bond acceptors (Lipinski definition) is 2. The second kappa shape index (κ2) is 6.47. The van der Waals surface area contributed by atoms with Gasteiger partial charge in [0.1, 0.15) is 12.7 Å². The lowest BCUT2D eigenvalue weighted by Crippen LogP contribution is -2.27. The van der Waals surface area contributed by atoms with E-state index in [9.17, 15) is 4.79 Å². The van der Waals surface area contributed by atoms with E-state index in [2.05, 4.69) is 11.8 Å². The van der Waals surface area contributed by atoms with Gasteiger partial charge < -0.3 is 9.84 Å². The van der Waals surface area contributed by atoms with Crippen molar-refractivity contribution in [1.82, 2.24) is 0 Å². The molecule has 0 bridgehead atoms. The first-order chi connectivity index (χ1) is 7.24. The van der Waals surface area contributed by atoms with E-state index in [1.807, 2.05) is 0 Å². The number of aliphatic carboxylic acids is 1. The van der Waals surface area contributed by atoms with Crippen LogP contribution in [-0.4, -0.2) is 23.8 Å². The van der Waals surface area contributed by atoms with Crippen molar-refractivity contribution < 1.29 is 14.6 Å². The molecule has 0 radical (unpaired) electrons. The minimum atomic E-state index is -0.922. The van der Waals surface area contributed by atoms with E-state index in [1.165, 1.54) is 19.3 Å². The lowest BCUT2D eigenvalue weighted by Gasteiger charge is -2.26. The highest BCUT2D eigenvalue weighted by atomic mass is 16.5. The average Bonchev–Trinajstić information content (AvgIpc) is 2.25. The molecule has 1 saturated carbocycles. The molecule has 1 rings (SSSR count). The lowest BCUT2D eigenvalue weighted by molar-refractivity contribution is -0.144. The van der Waals surface area contributed by atoms with Gasteiger partial charge in [0.15, 0.2) is 0 Å². The van der Waals surface area contributed by atoms with Gasteiger partial charge >= 0.3 is 5.97 Å². The second-order valence-electron chi connectivity index (χ2n) is 3.92. The zero-order valence-corrected chi connectivity index (χ0v) is 9.16. The number of ether oxygens (including phenoxy) is 1. The van der Waals surface area contributed by atoms with E-state index >= 15 is 0 Å². The van der Waals surface area contributed by atoms with Gasteiger partial charge in [-0.05, 0) is 25.7 Å². The summed E-state index contributed by atoms with van der Waals surface area (Å²) in [6.45, 7) is 1.52. The third-order valence-electron chi connectivity index (χ3n) is 2.75. The molecule has 0 saturated heterocycles. The minimum absolute atomic E-state index is 0.189. The highest BCUT2D eigenvalue weighted by molar-refractivity contribution is 5.68. The van der Waals surface area contributed by atoms with E-state index in [-0.39, 0.29) is 12.7 Å². The van der Waals surface area contributed by atoms with Crippen molar-refractivity contribution in [2.75, 3.05) is 6.61 Å². The summed E-state index contributed by atoms with van der Waals surface area (Å²) >= 11 is 0. The van der Waals surface area contributed by atoms with Crippen LogP contribution in [0.5, 0.6) is 0 Å². The monoisotopic (exact) mass is 210 g/mol. The topological polar surface area (TPSA) is 46.5 Å². The van der Waals surface area contributed by atoms with Gasteiger partial charge in [0.05, 0.1) is 0 Å². The fourth-order valence-electron chi connectivity index (χ4n) is 2.04. The van der Waals surface area contributed by atoms with Crippen molar-refractivity contribution in [2.45, 2.75) is 45.1 Å². The average molecular weight is 210 g/mol. The SMILES string of the molecule is CC#C[C@H](OCC(=O)O)C1CCCCC1. The van der Waals surface area contributed by atoms with Crippen LogP contribution in [0.2, 0.25) is 0 Å². The molecule has 0 unspecified atom stereocenters. The maximum Gasteiger partial charge on any atom is 0.329 e. The highest BCUT2D eigenvalue weighted by Crippen LogP contribution is 2.27. The Balaban J connectivity index is 2.46. The molecule has 0 spiro atoms. The quantitative estimate of drug-likeness (QED) is 0.722. The van der Waals surface area contributed by atoms with Crippen LogP contribution >= 0.6 is 0 Å². The first-order valence-corrected chi connectivity index (χ1v) is 5.49. The normalized spacial score (nSPS) is 19.0. The summed E-state index contributed by atoms with van der Waals surface area (Å²) in [6.07, 6.45) is 5.73. The van der Waals surface area contributed by atoms with Gasteiger partial charge in [0.25, 0.3) is 0 Å². The largest absolute Gasteiger partial charge is 0.480 e. The fourth-order valence-corrected chi connectivity index (χ4v) is 2.04. The molecule has 84 valence electrons. The maximum atomic E-state index is 10.4. The van der Waals surface area contributed by atoms with Crippen molar-refractivity contribution in [3.63, 3.8) is 0 Å². The Morgan fingerprint density at radius 1 is 1.47 bits per heavy atom. The van der Waals surface area contributed by atoms with Crippen LogP contribution < -0.4 is 0 Å². The minimum Gasteiger partial charge on any atom is -0.480 e. The molecule has 3 heteroatoms. The summed E-state index contributed by atoms with van der Waals surface area (Å²) in [5.74, 6) is 5.29. The Hall–Kier alpha value is -1.01. The lowest BCUT2D eigenvalue weighted by atomic mass is 9.85. The van der Waals surface area contributed by atoms with Gasteiger partial charge in [-0.15, -0.1) is 5.92 Å². The molecule has 0 aliphatic heterocycles. The molecule has 1 atom stereocenters. The van der Waals surface area contributed by atoms with Crippen LogP contribution in [0, 0.1) is 17.8 Å². The van der Waals surface area contributed by atoms with Crippen molar-refractivity contribution >= 4 is 5.97 Å². The summed E-state index contributed by atoms with van der Waals surface area (Å²) in [6, 6.07) is 0. The van der Waals surface area contributed by atoms with Crippen LogP contribution in [-0.2, 0) is 9.53 Å². The second-order valence-corrected chi connectivity index (χ2v) is 3.92.